The minimum atomic E-state index is -0.592. The van der Waals surface area contributed by atoms with Gasteiger partial charge in [0.25, 0.3) is 0 Å². The molecule has 0 aliphatic heterocycles. The van der Waals surface area contributed by atoms with Crippen LogP contribution in [0.3, 0.4) is 0 Å². The van der Waals surface area contributed by atoms with E-state index in [1.54, 1.807) is 12.0 Å². The van der Waals surface area contributed by atoms with Gasteiger partial charge in [0.1, 0.15) is 5.75 Å². The fraction of sp³-hybridized carbons (Fsp3) is 0.533. The standard InChI is InChI=1S/C15H22N2O2/c1-10-7-12(8-11(2)13(10)19-4)9-17(3)14(18)15(16)5-6-15/h7-8H,5-6,9,16H2,1-4H3. The van der Waals surface area contributed by atoms with E-state index >= 15 is 0 Å². The molecule has 0 heterocycles. The van der Waals surface area contributed by atoms with Gasteiger partial charge in [-0.3, -0.25) is 4.79 Å². The van der Waals surface area contributed by atoms with E-state index in [-0.39, 0.29) is 5.91 Å². The molecule has 1 amide bonds. The molecule has 19 heavy (non-hydrogen) atoms. The van der Waals surface area contributed by atoms with Crippen LogP contribution in [0.4, 0.5) is 0 Å². The summed E-state index contributed by atoms with van der Waals surface area (Å²) in [6, 6.07) is 4.12. The number of aryl methyl sites for hydroxylation is 2. The maximum atomic E-state index is 12.1. The Balaban J connectivity index is 2.13. The van der Waals surface area contributed by atoms with Crippen LogP contribution in [0, 0.1) is 13.8 Å². The van der Waals surface area contributed by atoms with Gasteiger partial charge in [-0.25, -0.2) is 0 Å². The molecule has 1 aromatic rings. The van der Waals surface area contributed by atoms with Gasteiger partial charge >= 0.3 is 0 Å². The Labute approximate surface area is 114 Å². The van der Waals surface area contributed by atoms with Crippen molar-refractivity contribution >= 4 is 5.91 Å². The second-order valence-electron chi connectivity index (χ2n) is 5.58. The molecule has 2 N–H and O–H groups in total. The number of nitrogens with zero attached hydrogens (tertiary/aromatic N) is 1. The van der Waals surface area contributed by atoms with Crippen molar-refractivity contribution in [3.8, 4) is 5.75 Å². The smallest absolute Gasteiger partial charge is 0.242 e. The summed E-state index contributed by atoms with van der Waals surface area (Å²) in [6.45, 7) is 4.62. The molecule has 1 fully saturated rings. The first kappa shape index (κ1) is 13.9. The first-order valence-electron chi connectivity index (χ1n) is 6.56. The molecular weight excluding hydrogens is 240 g/mol. The Bertz CT molecular complexity index is 484. The van der Waals surface area contributed by atoms with Gasteiger partial charge in [0.05, 0.1) is 12.6 Å². The number of rotatable bonds is 4. The Kier molecular flexibility index (Phi) is 3.54. The zero-order valence-electron chi connectivity index (χ0n) is 12.1. The van der Waals surface area contributed by atoms with Crippen LogP contribution in [0.5, 0.6) is 5.75 Å². The fourth-order valence-electron chi connectivity index (χ4n) is 2.53. The van der Waals surface area contributed by atoms with E-state index in [1.165, 1.54) is 0 Å². The SMILES string of the molecule is COc1c(C)cc(CN(C)C(=O)C2(N)CC2)cc1C. The lowest BCUT2D eigenvalue weighted by Gasteiger charge is -2.22. The molecule has 1 saturated carbocycles. The number of amides is 1. The van der Waals surface area contributed by atoms with Crippen molar-refractivity contribution in [1.82, 2.24) is 4.90 Å². The first-order valence-corrected chi connectivity index (χ1v) is 6.56. The molecule has 1 aliphatic carbocycles. The molecule has 1 aliphatic rings. The maximum absolute atomic E-state index is 12.1. The van der Waals surface area contributed by atoms with Crippen LogP contribution in [0.25, 0.3) is 0 Å². The number of hydrogen-bond donors (Lipinski definition) is 1. The minimum Gasteiger partial charge on any atom is -0.496 e. The van der Waals surface area contributed by atoms with Crippen molar-refractivity contribution in [3.63, 3.8) is 0 Å². The van der Waals surface area contributed by atoms with Gasteiger partial charge < -0.3 is 15.4 Å². The second kappa shape index (κ2) is 4.85. The number of carbonyl (C=O) groups is 1. The largest absolute Gasteiger partial charge is 0.496 e. The average Bonchev–Trinajstić information content (AvgIpc) is 3.07. The van der Waals surface area contributed by atoms with Gasteiger partial charge in [-0.1, -0.05) is 12.1 Å². The summed E-state index contributed by atoms with van der Waals surface area (Å²) >= 11 is 0. The molecule has 104 valence electrons. The van der Waals surface area contributed by atoms with Crippen LogP contribution in [-0.2, 0) is 11.3 Å². The molecule has 0 aromatic heterocycles. The van der Waals surface area contributed by atoms with Gasteiger partial charge in [-0.15, -0.1) is 0 Å². The van der Waals surface area contributed by atoms with Gasteiger partial charge in [0.2, 0.25) is 5.91 Å². The summed E-state index contributed by atoms with van der Waals surface area (Å²) in [5.74, 6) is 0.953. The van der Waals surface area contributed by atoms with Gasteiger partial charge in [0, 0.05) is 13.6 Å². The summed E-state index contributed by atoms with van der Waals surface area (Å²) in [5, 5.41) is 0. The highest BCUT2D eigenvalue weighted by Gasteiger charge is 2.47. The van der Waals surface area contributed by atoms with Crippen molar-refractivity contribution in [1.29, 1.82) is 0 Å². The van der Waals surface area contributed by atoms with Crippen LogP contribution in [0.15, 0.2) is 12.1 Å². The molecule has 0 bridgehead atoms. The summed E-state index contributed by atoms with van der Waals surface area (Å²) in [7, 11) is 3.49. The maximum Gasteiger partial charge on any atom is 0.242 e. The molecule has 1 aromatic carbocycles. The van der Waals surface area contributed by atoms with E-state index < -0.39 is 5.54 Å². The van der Waals surface area contributed by atoms with Crippen molar-refractivity contribution in [2.75, 3.05) is 14.2 Å². The summed E-state index contributed by atoms with van der Waals surface area (Å²) in [5.41, 5.74) is 8.63. The Morgan fingerprint density at radius 1 is 1.37 bits per heavy atom. The van der Waals surface area contributed by atoms with Gasteiger partial charge in [-0.2, -0.15) is 0 Å². The molecule has 4 nitrogen and oxygen atoms in total. The highest BCUT2D eigenvalue weighted by atomic mass is 16.5. The van der Waals surface area contributed by atoms with E-state index in [9.17, 15) is 4.79 Å². The number of ether oxygens (including phenoxy) is 1. The van der Waals surface area contributed by atoms with Crippen LogP contribution >= 0.6 is 0 Å². The number of hydrogen-bond acceptors (Lipinski definition) is 3. The van der Waals surface area contributed by atoms with Crippen molar-refractivity contribution in [2.24, 2.45) is 5.73 Å². The molecule has 0 saturated heterocycles. The van der Waals surface area contributed by atoms with Crippen LogP contribution in [0.2, 0.25) is 0 Å². The zero-order valence-corrected chi connectivity index (χ0v) is 12.1. The first-order chi connectivity index (χ1) is 8.87. The lowest BCUT2D eigenvalue weighted by molar-refractivity contribution is -0.132. The third-order valence-corrected chi connectivity index (χ3v) is 3.71. The van der Waals surface area contributed by atoms with E-state index in [4.69, 9.17) is 10.5 Å². The fourth-order valence-corrected chi connectivity index (χ4v) is 2.53. The monoisotopic (exact) mass is 262 g/mol. The second-order valence-corrected chi connectivity index (χ2v) is 5.58. The third-order valence-electron chi connectivity index (χ3n) is 3.71. The Morgan fingerprint density at radius 3 is 2.32 bits per heavy atom. The number of carbonyl (C=O) groups excluding carboxylic acids is 1. The Morgan fingerprint density at radius 2 is 1.89 bits per heavy atom. The minimum absolute atomic E-state index is 0.0404. The molecule has 0 unspecified atom stereocenters. The molecule has 0 radical (unpaired) electrons. The summed E-state index contributed by atoms with van der Waals surface area (Å²) < 4.78 is 5.35. The molecule has 0 spiro atoms. The van der Waals surface area contributed by atoms with Crippen LogP contribution < -0.4 is 10.5 Å². The highest BCUT2D eigenvalue weighted by molar-refractivity contribution is 5.88. The topological polar surface area (TPSA) is 55.6 Å². The van der Waals surface area contributed by atoms with Crippen LogP contribution in [0.1, 0.15) is 29.5 Å². The predicted octanol–water partition coefficient (Wildman–Crippen LogP) is 1.76. The van der Waals surface area contributed by atoms with E-state index in [0.29, 0.717) is 6.54 Å². The normalized spacial score (nSPS) is 16.1. The zero-order chi connectivity index (χ0) is 14.2. The van der Waals surface area contributed by atoms with E-state index in [1.807, 2.05) is 20.9 Å². The Hall–Kier alpha value is -1.55. The lowest BCUT2D eigenvalue weighted by atomic mass is 10.0. The number of likely N-dealkylation sites (N-methyl/N-ethyl adjacent to an activating group) is 1. The molecular formula is C15H22N2O2. The highest BCUT2D eigenvalue weighted by Crippen LogP contribution is 2.34. The van der Waals surface area contributed by atoms with E-state index in [2.05, 4.69) is 12.1 Å². The van der Waals surface area contributed by atoms with Crippen LogP contribution in [-0.4, -0.2) is 30.5 Å². The van der Waals surface area contributed by atoms with Gasteiger partial charge in [-0.05, 0) is 43.4 Å². The summed E-state index contributed by atoms with van der Waals surface area (Å²) in [4.78, 5) is 13.8. The van der Waals surface area contributed by atoms with Crippen molar-refractivity contribution in [2.45, 2.75) is 38.8 Å². The number of nitrogens with two attached hydrogens (primary N) is 1. The molecule has 2 rings (SSSR count). The van der Waals surface area contributed by atoms with Gasteiger partial charge in [0.15, 0.2) is 0 Å². The number of methoxy groups -OCH3 is 1. The predicted molar refractivity (Wildman–Crippen MR) is 75.1 cm³/mol. The molecule has 0 atom stereocenters. The lowest BCUT2D eigenvalue weighted by Crippen LogP contribution is -2.43. The summed E-state index contributed by atoms with van der Waals surface area (Å²) in [6.07, 6.45) is 1.60. The molecule has 4 heteroatoms. The quantitative estimate of drug-likeness (QED) is 0.899. The average molecular weight is 262 g/mol. The van der Waals surface area contributed by atoms with Crippen molar-refractivity contribution in [3.05, 3.63) is 28.8 Å². The van der Waals surface area contributed by atoms with E-state index in [0.717, 1.165) is 35.3 Å². The van der Waals surface area contributed by atoms with Crippen molar-refractivity contribution < 1.29 is 9.53 Å². The number of benzene rings is 1. The third kappa shape index (κ3) is 2.73.